The van der Waals surface area contributed by atoms with Gasteiger partial charge in [-0.25, -0.2) is 4.98 Å². The van der Waals surface area contributed by atoms with Crippen LogP contribution in [0.2, 0.25) is 0 Å². The number of nitrogens with zero attached hydrogens (tertiary/aromatic N) is 1. The number of carbonyl (C=O) groups is 1. The summed E-state index contributed by atoms with van der Waals surface area (Å²) in [7, 11) is 0. The van der Waals surface area contributed by atoms with Gasteiger partial charge >= 0.3 is 6.36 Å². The minimum Gasteiger partial charge on any atom is -0.406 e. The van der Waals surface area contributed by atoms with Crippen molar-refractivity contribution in [3.63, 3.8) is 0 Å². The van der Waals surface area contributed by atoms with Crippen LogP contribution in [0.4, 0.5) is 18.3 Å². The number of aromatic nitrogens is 1. The van der Waals surface area contributed by atoms with Crippen LogP contribution in [0, 0.1) is 0 Å². The van der Waals surface area contributed by atoms with Gasteiger partial charge in [-0.2, -0.15) is 0 Å². The number of ether oxygens (including phenoxy) is 1. The van der Waals surface area contributed by atoms with Crippen molar-refractivity contribution in [3.05, 3.63) is 18.2 Å². The number of hydrogen-bond acceptors (Lipinski definition) is 5. The summed E-state index contributed by atoms with van der Waals surface area (Å²) in [5, 5.41) is 6.20. The van der Waals surface area contributed by atoms with Crippen molar-refractivity contribution in [1.82, 2.24) is 10.3 Å². The average molecular weight is 345 g/mol. The summed E-state index contributed by atoms with van der Waals surface area (Å²) in [5.41, 5.74) is 0.511. The first-order chi connectivity index (χ1) is 10.9. The molecule has 1 aliphatic heterocycles. The largest absolute Gasteiger partial charge is 0.573 e. The number of halogens is 3. The third-order valence-electron chi connectivity index (χ3n) is 3.45. The first kappa shape index (κ1) is 16.0. The maximum Gasteiger partial charge on any atom is 0.573 e. The first-order valence-electron chi connectivity index (χ1n) is 7.11. The molecule has 2 N–H and O–H groups in total. The lowest BCUT2D eigenvalue weighted by Gasteiger charge is -2.21. The summed E-state index contributed by atoms with van der Waals surface area (Å²) in [4.78, 5) is 16.3. The summed E-state index contributed by atoms with van der Waals surface area (Å²) in [6.45, 7) is 0.802. The van der Waals surface area contributed by atoms with E-state index in [0.29, 0.717) is 15.3 Å². The predicted octanol–water partition coefficient (Wildman–Crippen LogP) is 3.28. The van der Waals surface area contributed by atoms with Gasteiger partial charge in [-0.05, 0) is 31.5 Å². The Hall–Kier alpha value is -1.87. The van der Waals surface area contributed by atoms with Crippen LogP contribution >= 0.6 is 11.3 Å². The maximum absolute atomic E-state index is 12.2. The van der Waals surface area contributed by atoms with Crippen LogP contribution in [0.5, 0.6) is 5.75 Å². The Morgan fingerprint density at radius 1 is 1.39 bits per heavy atom. The molecule has 0 aliphatic carbocycles. The molecule has 9 heteroatoms. The van der Waals surface area contributed by atoms with Crippen LogP contribution in [0.3, 0.4) is 0 Å². The zero-order chi connectivity index (χ0) is 16.4. The van der Waals surface area contributed by atoms with Gasteiger partial charge in [0.2, 0.25) is 5.91 Å². The van der Waals surface area contributed by atoms with Crippen molar-refractivity contribution in [2.75, 3.05) is 11.9 Å². The first-order valence-corrected chi connectivity index (χ1v) is 7.93. The molecule has 1 amide bonds. The fourth-order valence-corrected chi connectivity index (χ4v) is 3.32. The minimum atomic E-state index is -4.73. The van der Waals surface area contributed by atoms with Gasteiger partial charge in [-0.3, -0.25) is 4.79 Å². The molecule has 1 aromatic heterocycles. The average Bonchev–Trinajstić information content (AvgIpc) is 2.88. The van der Waals surface area contributed by atoms with E-state index in [1.54, 1.807) is 0 Å². The van der Waals surface area contributed by atoms with Gasteiger partial charge in [0.1, 0.15) is 5.75 Å². The number of rotatable bonds is 3. The number of nitrogens with one attached hydrogen (secondary N) is 2. The molecule has 3 rings (SSSR count). The van der Waals surface area contributed by atoms with Gasteiger partial charge in [-0.1, -0.05) is 17.8 Å². The molecule has 124 valence electrons. The molecular weight excluding hydrogens is 331 g/mol. The smallest absolute Gasteiger partial charge is 0.406 e. The highest BCUT2D eigenvalue weighted by Gasteiger charge is 2.31. The summed E-state index contributed by atoms with van der Waals surface area (Å²) in [5.74, 6) is -0.476. The quantitative estimate of drug-likeness (QED) is 0.896. The van der Waals surface area contributed by atoms with Crippen molar-refractivity contribution in [2.45, 2.75) is 31.7 Å². The Labute approximate surface area is 133 Å². The Balaban J connectivity index is 1.73. The second-order valence-corrected chi connectivity index (χ2v) is 6.22. The molecule has 0 spiro atoms. The molecule has 23 heavy (non-hydrogen) atoms. The van der Waals surface area contributed by atoms with Crippen LogP contribution < -0.4 is 15.4 Å². The standard InChI is InChI=1S/C14H14F3N3O2S/c15-14(16,17)22-8-4-5-9-11(7-8)23-13(19-9)20-12(21)10-3-1-2-6-18-10/h4-5,7,10,18H,1-3,6H2,(H,19,20,21). The van der Waals surface area contributed by atoms with Crippen LogP contribution in [-0.2, 0) is 4.79 Å². The van der Waals surface area contributed by atoms with Gasteiger partial charge in [0, 0.05) is 6.07 Å². The predicted molar refractivity (Wildman–Crippen MR) is 80.6 cm³/mol. The highest BCUT2D eigenvalue weighted by molar-refractivity contribution is 7.22. The van der Waals surface area contributed by atoms with Gasteiger partial charge in [0.25, 0.3) is 0 Å². The van der Waals surface area contributed by atoms with Gasteiger partial charge in [0.15, 0.2) is 5.13 Å². The van der Waals surface area contributed by atoms with E-state index < -0.39 is 6.36 Å². The number of alkyl halides is 3. The molecule has 1 aromatic carbocycles. The minimum absolute atomic E-state index is 0.171. The van der Waals surface area contributed by atoms with Crippen LogP contribution in [0.15, 0.2) is 18.2 Å². The lowest BCUT2D eigenvalue weighted by atomic mass is 10.0. The SMILES string of the molecule is O=C(Nc1nc2ccc(OC(F)(F)F)cc2s1)C1CCCCN1. The number of fused-ring (bicyclic) bond motifs is 1. The normalized spacial score (nSPS) is 18.8. The van der Waals surface area contributed by atoms with Crippen LogP contribution in [0.25, 0.3) is 10.2 Å². The van der Waals surface area contributed by atoms with E-state index in [4.69, 9.17) is 0 Å². The number of thiazole rings is 1. The highest BCUT2D eigenvalue weighted by Crippen LogP contribution is 2.31. The van der Waals surface area contributed by atoms with E-state index in [0.717, 1.165) is 37.1 Å². The maximum atomic E-state index is 12.2. The lowest BCUT2D eigenvalue weighted by molar-refractivity contribution is -0.274. The molecule has 0 bridgehead atoms. The van der Waals surface area contributed by atoms with Crippen molar-refractivity contribution in [1.29, 1.82) is 0 Å². The van der Waals surface area contributed by atoms with Gasteiger partial charge in [0.05, 0.1) is 16.3 Å². The van der Waals surface area contributed by atoms with Crippen LogP contribution in [-0.4, -0.2) is 29.8 Å². The van der Waals surface area contributed by atoms with Crippen LogP contribution in [0.1, 0.15) is 19.3 Å². The molecule has 5 nitrogen and oxygen atoms in total. The number of amides is 1. The third kappa shape index (κ3) is 4.11. The third-order valence-corrected chi connectivity index (χ3v) is 4.38. The molecule has 1 fully saturated rings. The van der Waals surface area contributed by atoms with E-state index in [1.165, 1.54) is 18.2 Å². The number of carbonyl (C=O) groups excluding carboxylic acids is 1. The zero-order valence-electron chi connectivity index (χ0n) is 11.9. The molecule has 2 aromatic rings. The summed E-state index contributed by atoms with van der Waals surface area (Å²) < 4.78 is 41.1. The highest BCUT2D eigenvalue weighted by atomic mass is 32.1. The zero-order valence-corrected chi connectivity index (χ0v) is 12.8. The fourth-order valence-electron chi connectivity index (χ4n) is 2.42. The molecule has 1 saturated heterocycles. The lowest BCUT2D eigenvalue weighted by Crippen LogP contribution is -2.43. The molecule has 2 heterocycles. The number of piperidine rings is 1. The summed E-state index contributed by atoms with van der Waals surface area (Å²) in [6, 6.07) is 3.64. The number of benzene rings is 1. The molecule has 1 unspecified atom stereocenters. The van der Waals surface area contributed by atoms with Gasteiger partial charge in [-0.15, -0.1) is 13.2 Å². The summed E-state index contributed by atoms with van der Waals surface area (Å²) in [6.07, 6.45) is -1.93. The van der Waals surface area contributed by atoms with Crippen molar-refractivity contribution in [3.8, 4) is 5.75 Å². The van der Waals surface area contributed by atoms with E-state index in [1.807, 2.05) is 0 Å². The van der Waals surface area contributed by atoms with Gasteiger partial charge < -0.3 is 15.4 Å². The fraction of sp³-hybridized carbons (Fsp3) is 0.429. The molecule has 1 aliphatic rings. The summed E-state index contributed by atoms with van der Waals surface area (Å²) >= 11 is 1.11. The molecule has 0 saturated carbocycles. The topological polar surface area (TPSA) is 63.2 Å². The Kier molecular flexibility index (Phi) is 4.40. The van der Waals surface area contributed by atoms with E-state index in [9.17, 15) is 18.0 Å². The Morgan fingerprint density at radius 2 is 2.22 bits per heavy atom. The second kappa shape index (κ2) is 6.32. The van der Waals surface area contributed by atoms with Crippen molar-refractivity contribution < 1.29 is 22.7 Å². The number of hydrogen-bond donors (Lipinski definition) is 2. The molecular formula is C14H14F3N3O2S. The van der Waals surface area contributed by atoms with Crippen molar-refractivity contribution in [2.24, 2.45) is 0 Å². The molecule has 0 radical (unpaired) electrons. The van der Waals surface area contributed by atoms with E-state index >= 15 is 0 Å². The molecule has 1 atom stereocenters. The van der Waals surface area contributed by atoms with Crippen molar-refractivity contribution >= 4 is 32.6 Å². The monoisotopic (exact) mass is 345 g/mol. The van der Waals surface area contributed by atoms with E-state index in [2.05, 4.69) is 20.4 Å². The second-order valence-electron chi connectivity index (χ2n) is 5.19. The van der Waals surface area contributed by atoms with E-state index in [-0.39, 0.29) is 17.7 Å². The number of anilines is 1. The Morgan fingerprint density at radius 3 is 2.91 bits per heavy atom. The Bertz CT molecular complexity index is 711.